The Balaban J connectivity index is 1.72. The molecule has 3 aromatic rings. The first-order valence-corrected chi connectivity index (χ1v) is 10.3. The van der Waals surface area contributed by atoms with E-state index in [2.05, 4.69) is 5.16 Å². The molecule has 0 spiro atoms. The lowest BCUT2D eigenvalue weighted by molar-refractivity contribution is -0.129. The molecule has 0 saturated carbocycles. The van der Waals surface area contributed by atoms with Gasteiger partial charge >= 0.3 is 0 Å². The first-order chi connectivity index (χ1) is 13.6. The molecule has 5 heteroatoms. The molecule has 28 heavy (non-hydrogen) atoms. The van der Waals surface area contributed by atoms with E-state index in [1.54, 1.807) is 11.8 Å². The third-order valence-electron chi connectivity index (χ3n) is 4.97. The molecule has 4 rings (SSSR count). The SMILES string of the molecule is Cc1noc(C)c1/C=C1/SCCN1C(=O)C(c1ccccc1)c1ccccc1. The van der Waals surface area contributed by atoms with Crippen LogP contribution in [0, 0.1) is 13.8 Å². The van der Waals surface area contributed by atoms with Gasteiger partial charge in [-0.15, -0.1) is 11.8 Å². The smallest absolute Gasteiger partial charge is 0.239 e. The average Bonchev–Trinajstić information content (AvgIpc) is 3.32. The lowest BCUT2D eigenvalue weighted by Gasteiger charge is -2.24. The number of benzene rings is 2. The van der Waals surface area contributed by atoms with Gasteiger partial charge < -0.3 is 9.42 Å². The molecule has 4 nitrogen and oxygen atoms in total. The normalized spacial score (nSPS) is 15.5. The van der Waals surface area contributed by atoms with E-state index in [9.17, 15) is 4.79 Å². The molecule has 1 aliphatic rings. The van der Waals surface area contributed by atoms with Crippen LogP contribution in [0.5, 0.6) is 0 Å². The number of aromatic nitrogens is 1. The van der Waals surface area contributed by atoms with Crippen LogP contribution in [-0.4, -0.2) is 28.3 Å². The molecule has 0 atom stereocenters. The Labute approximate surface area is 169 Å². The van der Waals surface area contributed by atoms with E-state index in [0.29, 0.717) is 6.54 Å². The van der Waals surface area contributed by atoms with Gasteiger partial charge in [0.2, 0.25) is 5.91 Å². The molecular formula is C23H22N2O2S. The van der Waals surface area contributed by atoms with Gasteiger partial charge in [0.25, 0.3) is 0 Å². The van der Waals surface area contributed by atoms with Crippen LogP contribution < -0.4 is 0 Å². The van der Waals surface area contributed by atoms with Crippen LogP contribution in [0.1, 0.15) is 34.1 Å². The van der Waals surface area contributed by atoms with E-state index in [1.165, 1.54) is 0 Å². The van der Waals surface area contributed by atoms with Crippen LogP contribution in [-0.2, 0) is 4.79 Å². The summed E-state index contributed by atoms with van der Waals surface area (Å²) in [4.78, 5) is 15.6. The summed E-state index contributed by atoms with van der Waals surface area (Å²) in [6, 6.07) is 20.0. The largest absolute Gasteiger partial charge is 0.361 e. The van der Waals surface area contributed by atoms with Crippen LogP contribution in [0.4, 0.5) is 0 Å². The first kappa shape index (κ1) is 18.6. The van der Waals surface area contributed by atoms with Crippen LogP contribution in [0.3, 0.4) is 0 Å². The lowest BCUT2D eigenvalue weighted by Crippen LogP contribution is -2.32. The molecule has 1 saturated heterocycles. The number of rotatable bonds is 4. The van der Waals surface area contributed by atoms with Crippen molar-refractivity contribution in [3.05, 3.63) is 93.8 Å². The van der Waals surface area contributed by atoms with Gasteiger partial charge in [-0.2, -0.15) is 0 Å². The van der Waals surface area contributed by atoms with Gasteiger partial charge in [-0.05, 0) is 31.1 Å². The van der Waals surface area contributed by atoms with E-state index in [1.807, 2.05) is 85.5 Å². The fourth-order valence-corrected chi connectivity index (χ4v) is 4.53. The van der Waals surface area contributed by atoms with Crippen molar-refractivity contribution in [1.82, 2.24) is 10.1 Å². The summed E-state index contributed by atoms with van der Waals surface area (Å²) in [5.74, 6) is 1.43. The zero-order chi connectivity index (χ0) is 19.5. The highest BCUT2D eigenvalue weighted by Crippen LogP contribution is 2.36. The molecule has 0 N–H and O–H groups in total. The van der Waals surface area contributed by atoms with Crippen LogP contribution in [0.15, 0.2) is 70.2 Å². The minimum absolute atomic E-state index is 0.0976. The van der Waals surface area contributed by atoms with E-state index in [4.69, 9.17) is 4.52 Å². The second kappa shape index (κ2) is 8.07. The predicted molar refractivity (Wildman–Crippen MR) is 113 cm³/mol. The van der Waals surface area contributed by atoms with E-state index < -0.39 is 0 Å². The van der Waals surface area contributed by atoms with Gasteiger partial charge in [-0.3, -0.25) is 4.79 Å². The Bertz CT molecular complexity index is 937. The Morgan fingerprint density at radius 1 is 1.07 bits per heavy atom. The lowest BCUT2D eigenvalue weighted by atomic mass is 9.90. The zero-order valence-electron chi connectivity index (χ0n) is 16.0. The van der Waals surface area contributed by atoms with E-state index in [-0.39, 0.29) is 11.8 Å². The molecule has 1 amide bonds. The molecule has 2 aromatic carbocycles. The number of hydrogen-bond acceptors (Lipinski definition) is 4. The van der Waals surface area contributed by atoms with Gasteiger partial charge in [0.1, 0.15) is 5.76 Å². The molecule has 1 fully saturated rings. The minimum Gasteiger partial charge on any atom is -0.361 e. The fourth-order valence-electron chi connectivity index (χ4n) is 3.51. The molecule has 1 aromatic heterocycles. The quantitative estimate of drug-likeness (QED) is 0.629. The maximum atomic E-state index is 13.7. The summed E-state index contributed by atoms with van der Waals surface area (Å²) in [6.45, 7) is 4.52. The predicted octanol–water partition coefficient (Wildman–Crippen LogP) is 5.00. The summed E-state index contributed by atoms with van der Waals surface area (Å²) < 4.78 is 5.28. The van der Waals surface area contributed by atoms with Crippen molar-refractivity contribution >= 4 is 23.7 Å². The van der Waals surface area contributed by atoms with Crippen molar-refractivity contribution in [3.63, 3.8) is 0 Å². The maximum absolute atomic E-state index is 13.7. The summed E-state index contributed by atoms with van der Waals surface area (Å²) in [5.41, 5.74) is 3.81. The summed E-state index contributed by atoms with van der Waals surface area (Å²) in [6.07, 6.45) is 2.03. The number of aryl methyl sites for hydroxylation is 2. The zero-order valence-corrected chi connectivity index (χ0v) is 16.8. The third-order valence-corrected chi connectivity index (χ3v) is 5.99. The third kappa shape index (κ3) is 3.62. The monoisotopic (exact) mass is 390 g/mol. The molecule has 2 heterocycles. The Kier molecular flexibility index (Phi) is 5.35. The molecule has 0 radical (unpaired) electrons. The van der Waals surface area contributed by atoms with Crippen molar-refractivity contribution in [1.29, 1.82) is 0 Å². The Hall–Kier alpha value is -2.79. The Morgan fingerprint density at radius 3 is 2.21 bits per heavy atom. The number of nitrogens with zero attached hydrogens (tertiary/aromatic N) is 2. The second-order valence-electron chi connectivity index (χ2n) is 6.81. The van der Waals surface area contributed by atoms with Crippen molar-refractivity contribution in [2.45, 2.75) is 19.8 Å². The van der Waals surface area contributed by atoms with Crippen molar-refractivity contribution in [2.24, 2.45) is 0 Å². The summed E-state index contributed by atoms with van der Waals surface area (Å²) in [7, 11) is 0. The molecule has 0 aliphatic carbocycles. The second-order valence-corrected chi connectivity index (χ2v) is 7.93. The van der Waals surface area contributed by atoms with Crippen molar-refractivity contribution in [2.75, 3.05) is 12.3 Å². The molecule has 1 aliphatic heterocycles. The average molecular weight is 391 g/mol. The van der Waals surface area contributed by atoms with Crippen LogP contribution in [0.2, 0.25) is 0 Å². The number of carbonyl (C=O) groups excluding carboxylic acids is 1. The molecular weight excluding hydrogens is 368 g/mol. The first-order valence-electron chi connectivity index (χ1n) is 9.34. The number of thioether (sulfide) groups is 1. The highest BCUT2D eigenvalue weighted by Gasteiger charge is 2.32. The van der Waals surface area contributed by atoms with Gasteiger partial charge in [0.15, 0.2) is 0 Å². The highest BCUT2D eigenvalue weighted by atomic mass is 32.2. The van der Waals surface area contributed by atoms with Crippen molar-refractivity contribution < 1.29 is 9.32 Å². The van der Waals surface area contributed by atoms with Crippen LogP contribution >= 0.6 is 11.8 Å². The molecule has 0 bridgehead atoms. The van der Waals surface area contributed by atoms with Crippen molar-refractivity contribution in [3.8, 4) is 0 Å². The number of carbonyl (C=O) groups is 1. The van der Waals surface area contributed by atoms with Gasteiger partial charge in [0, 0.05) is 17.9 Å². The highest BCUT2D eigenvalue weighted by molar-refractivity contribution is 8.03. The topological polar surface area (TPSA) is 46.3 Å². The minimum atomic E-state index is -0.325. The Morgan fingerprint density at radius 2 is 1.68 bits per heavy atom. The summed E-state index contributed by atoms with van der Waals surface area (Å²) >= 11 is 1.70. The summed E-state index contributed by atoms with van der Waals surface area (Å²) in [5, 5.41) is 4.98. The van der Waals surface area contributed by atoms with Gasteiger partial charge in [0.05, 0.1) is 16.6 Å². The molecule has 0 unspecified atom stereocenters. The van der Waals surface area contributed by atoms with E-state index >= 15 is 0 Å². The molecule has 142 valence electrons. The number of amides is 1. The van der Waals surface area contributed by atoms with Gasteiger partial charge in [-0.1, -0.05) is 65.8 Å². The van der Waals surface area contributed by atoms with Gasteiger partial charge in [-0.25, -0.2) is 0 Å². The fraction of sp³-hybridized carbons (Fsp3) is 0.217. The van der Waals surface area contributed by atoms with Crippen LogP contribution in [0.25, 0.3) is 6.08 Å². The number of hydrogen-bond donors (Lipinski definition) is 0. The van der Waals surface area contributed by atoms with E-state index in [0.717, 1.165) is 38.9 Å². The maximum Gasteiger partial charge on any atom is 0.239 e. The standard InChI is InChI=1S/C23H22N2O2S/c1-16-20(17(2)27-24-16)15-21-25(13-14-28-21)23(26)22(18-9-5-3-6-10-18)19-11-7-4-8-12-19/h3-12,15,22H,13-14H2,1-2H3/b21-15+.